The van der Waals surface area contributed by atoms with Crippen LogP contribution in [-0.2, 0) is 20.8 Å². The Bertz CT molecular complexity index is 691. The molecular weight excluding hydrogens is 276 g/mol. The predicted molar refractivity (Wildman–Crippen MR) is 73.8 cm³/mol. The van der Waals surface area contributed by atoms with Crippen LogP contribution in [0.1, 0.15) is 12.0 Å². The molecule has 1 aromatic carbocycles. The highest BCUT2D eigenvalue weighted by atomic mass is 16.4. The summed E-state index contributed by atoms with van der Waals surface area (Å²) in [4.78, 5) is 36.1. The standard InChI is InChI=1S/C14H14N2O5/c17-12(6-13(18)19)16-11(14(20)21)5-8-7-15-10-4-2-1-3-9(8)10/h1-4,7,11,15H,5-6H2,(H,16,17)(H,18,19)(H,20,21)/t11-/m0/s1. The van der Waals surface area contributed by atoms with Gasteiger partial charge in [-0.25, -0.2) is 4.79 Å². The second-order valence-electron chi connectivity index (χ2n) is 4.59. The quantitative estimate of drug-likeness (QED) is 0.585. The molecule has 0 aliphatic heterocycles. The number of benzene rings is 1. The molecule has 1 heterocycles. The Kier molecular flexibility index (Phi) is 4.22. The Morgan fingerprint density at radius 2 is 1.90 bits per heavy atom. The van der Waals surface area contributed by atoms with Crippen molar-refractivity contribution in [1.82, 2.24) is 10.3 Å². The number of hydrogen-bond donors (Lipinski definition) is 4. The molecule has 0 bridgehead atoms. The molecule has 2 aromatic rings. The lowest BCUT2D eigenvalue weighted by molar-refractivity contribution is -0.145. The van der Waals surface area contributed by atoms with Crippen LogP contribution in [0.25, 0.3) is 10.9 Å². The number of H-pyrrole nitrogens is 1. The molecule has 0 fully saturated rings. The number of para-hydroxylation sites is 1. The molecule has 0 saturated heterocycles. The zero-order valence-corrected chi connectivity index (χ0v) is 11.0. The van der Waals surface area contributed by atoms with E-state index >= 15 is 0 Å². The number of rotatable bonds is 6. The van der Waals surface area contributed by atoms with Gasteiger partial charge in [0, 0.05) is 23.5 Å². The number of nitrogens with one attached hydrogen (secondary N) is 2. The van der Waals surface area contributed by atoms with Crippen LogP contribution in [0, 0.1) is 0 Å². The Labute approximate surface area is 119 Å². The van der Waals surface area contributed by atoms with Crippen molar-refractivity contribution in [3.8, 4) is 0 Å². The third-order valence-electron chi connectivity index (χ3n) is 3.04. The summed E-state index contributed by atoms with van der Waals surface area (Å²) in [7, 11) is 0. The van der Waals surface area contributed by atoms with Crippen molar-refractivity contribution < 1.29 is 24.6 Å². The number of aliphatic carboxylic acids is 2. The van der Waals surface area contributed by atoms with Crippen molar-refractivity contribution in [3.63, 3.8) is 0 Å². The van der Waals surface area contributed by atoms with Gasteiger partial charge in [0.05, 0.1) is 0 Å². The lowest BCUT2D eigenvalue weighted by Gasteiger charge is -2.13. The highest BCUT2D eigenvalue weighted by Gasteiger charge is 2.22. The topological polar surface area (TPSA) is 119 Å². The first kappa shape index (κ1) is 14.6. The number of carbonyl (C=O) groups excluding carboxylic acids is 1. The second-order valence-corrected chi connectivity index (χ2v) is 4.59. The SMILES string of the molecule is O=C(O)CC(=O)N[C@@H](Cc1c[nH]c2ccccc12)C(=O)O. The van der Waals surface area contributed by atoms with Crippen molar-refractivity contribution in [2.24, 2.45) is 0 Å². The molecule has 2 rings (SSSR count). The number of aromatic amines is 1. The van der Waals surface area contributed by atoms with Gasteiger partial charge in [-0.2, -0.15) is 0 Å². The summed E-state index contributed by atoms with van der Waals surface area (Å²) in [5.41, 5.74) is 1.61. The van der Waals surface area contributed by atoms with E-state index in [9.17, 15) is 14.4 Å². The molecule has 21 heavy (non-hydrogen) atoms. The average molecular weight is 290 g/mol. The fourth-order valence-corrected chi connectivity index (χ4v) is 2.10. The maximum Gasteiger partial charge on any atom is 0.326 e. The maximum absolute atomic E-state index is 11.4. The first-order valence-electron chi connectivity index (χ1n) is 6.26. The van der Waals surface area contributed by atoms with Gasteiger partial charge >= 0.3 is 11.9 Å². The van der Waals surface area contributed by atoms with Gasteiger partial charge in [0.1, 0.15) is 12.5 Å². The maximum atomic E-state index is 11.4. The van der Waals surface area contributed by atoms with E-state index in [1.165, 1.54) is 0 Å². The molecule has 4 N–H and O–H groups in total. The van der Waals surface area contributed by atoms with E-state index in [0.717, 1.165) is 16.5 Å². The highest BCUT2D eigenvalue weighted by molar-refractivity contribution is 5.95. The molecule has 1 atom stereocenters. The van der Waals surface area contributed by atoms with Crippen LogP contribution in [0.2, 0.25) is 0 Å². The lowest BCUT2D eigenvalue weighted by Crippen LogP contribution is -2.42. The van der Waals surface area contributed by atoms with Crippen LogP contribution < -0.4 is 5.32 Å². The van der Waals surface area contributed by atoms with Crippen LogP contribution in [0.5, 0.6) is 0 Å². The summed E-state index contributed by atoms with van der Waals surface area (Å²) in [6.45, 7) is 0. The van der Waals surface area contributed by atoms with Crippen LogP contribution in [0.15, 0.2) is 30.5 Å². The van der Waals surface area contributed by atoms with Gasteiger partial charge in [-0.3, -0.25) is 9.59 Å². The molecule has 0 aliphatic carbocycles. The van der Waals surface area contributed by atoms with E-state index in [-0.39, 0.29) is 6.42 Å². The molecule has 1 amide bonds. The summed E-state index contributed by atoms with van der Waals surface area (Å²) in [6.07, 6.45) is 1.01. The molecule has 7 heteroatoms. The zero-order chi connectivity index (χ0) is 15.4. The van der Waals surface area contributed by atoms with E-state index in [2.05, 4.69) is 10.3 Å². The molecule has 0 saturated carbocycles. The smallest absolute Gasteiger partial charge is 0.326 e. The minimum absolute atomic E-state index is 0.0741. The van der Waals surface area contributed by atoms with Crippen molar-refractivity contribution in [2.75, 3.05) is 0 Å². The third-order valence-corrected chi connectivity index (χ3v) is 3.04. The van der Waals surface area contributed by atoms with Crippen molar-refractivity contribution in [1.29, 1.82) is 0 Å². The Hall–Kier alpha value is -2.83. The Balaban J connectivity index is 2.15. The molecular formula is C14H14N2O5. The monoisotopic (exact) mass is 290 g/mol. The van der Waals surface area contributed by atoms with Crippen LogP contribution >= 0.6 is 0 Å². The van der Waals surface area contributed by atoms with Crippen LogP contribution in [-0.4, -0.2) is 39.1 Å². The number of carboxylic acids is 2. The molecule has 7 nitrogen and oxygen atoms in total. The summed E-state index contributed by atoms with van der Waals surface area (Å²) in [5.74, 6) is -3.34. The molecule has 1 aromatic heterocycles. The van der Waals surface area contributed by atoms with E-state index in [1.54, 1.807) is 6.20 Å². The molecule has 110 valence electrons. The first-order valence-corrected chi connectivity index (χ1v) is 6.26. The van der Waals surface area contributed by atoms with E-state index in [4.69, 9.17) is 10.2 Å². The normalized spacial score (nSPS) is 12.0. The number of aromatic nitrogens is 1. The molecule has 0 radical (unpaired) electrons. The largest absolute Gasteiger partial charge is 0.481 e. The molecule has 0 unspecified atom stereocenters. The van der Waals surface area contributed by atoms with E-state index in [1.807, 2.05) is 24.3 Å². The predicted octanol–water partition coefficient (Wildman–Crippen LogP) is 0.754. The second kappa shape index (κ2) is 6.08. The Morgan fingerprint density at radius 3 is 2.57 bits per heavy atom. The fraction of sp³-hybridized carbons (Fsp3) is 0.214. The van der Waals surface area contributed by atoms with Crippen LogP contribution in [0.4, 0.5) is 0 Å². The van der Waals surface area contributed by atoms with E-state index in [0.29, 0.717) is 0 Å². The van der Waals surface area contributed by atoms with Gasteiger partial charge in [0.2, 0.25) is 5.91 Å². The number of hydrogen-bond acceptors (Lipinski definition) is 3. The van der Waals surface area contributed by atoms with Gasteiger partial charge < -0.3 is 20.5 Å². The fourth-order valence-electron chi connectivity index (χ4n) is 2.10. The molecule has 0 spiro atoms. The summed E-state index contributed by atoms with van der Waals surface area (Å²) in [5, 5.41) is 20.8. The summed E-state index contributed by atoms with van der Waals surface area (Å²) in [6, 6.07) is 6.22. The van der Waals surface area contributed by atoms with Gasteiger partial charge in [0.25, 0.3) is 0 Å². The summed E-state index contributed by atoms with van der Waals surface area (Å²) >= 11 is 0. The molecule has 0 aliphatic rings. The highest BCUT2D eigenvalue weighted by Crippen LogP contribution is 2.19. The zero-order valence-electron chi connectivity index (χ0n) is 11.0. The number of carboxylic acid groups (broad SMARTS) is 2. The first-order chi connectivity index (χ1) is 9.97. The number of fused-ring (bicyclic) bond motifs is 1. The average Bonchev–Trinajstić information content (AvgIpc) is 2.80. The minimum Gasteiger partial charge on any atom is -0.481 e. The third kappa shape index (κ3) is 3.59. The van der Waals surface area contributed by atoms with Crippen LogP contribution in [0.3, 0.4) is 0 Å². The van der Waals surface area contributed by atoms with Gasteiger partial charge in [-0.05, 0) is 11.6 Å². The van der Waals surface area contributed by atoms with Crippen molar-refractivity contribution in [2.45, 2.75) is 18.9 Å². The number of carbonyl (C=O) groups is 3. The Morgan fingerprint density at radius 1 is 1.19 bits per heavy atom. The van der Waals surface area contributed by atoms with Gasteiger partial charge in [-0.1, -0.05) is 18.2 Å². The minimum atomic E-state index is -1.30. The van der Waals surface area contributed by atoms with Crippen molar-refractivity contribution >= 4 is 28.7 Å². The van der Waals surface area contributed by atoms with E-state index < -0.39 is 30.3 Å². The lowest BCUT2D eigenvalue weighted by atomic mass is 10.0. The van der Waals surface area contributed by atoms with Crippen molar-refractivity contribution in [3.05, 3.63) is 36.0 Å². The van der Waals surface area contributed by atoms with Gasteiger partial charge in [-0.15, -0.1) is 0 Å². The van der Waals surface area contributed by atoms with Gasteiger partial charge in [0.15, 0.2) is 0 Å². The number of amides is 1. The summed E-state index contributed by atoms with van der Waals surface area (Å²) < 4.78 is 0.